The molecule has 0 aliphatic carbocycles. The normalized spacial score (nSPS) is 11.9. The first-order valence-electron chi connectivity index (χ1n) is 5.27. The first kappa shape index (κ1) is 12.4. The Bertz CT molecular complexity index is 376. The summed E-state index contributed by atoms with van der Waals surface area (Å²) in [5.41, 5.74) is 0.952. The molecule has 16 heavy (non-hydrogen) atoms. The van der Waals surface area contributed by atoms with Crippen LogP contribution >= 0.6 is 0 Å². The Morgan fingerprint density at radius 2 is 2.12 bits per heavy atom. The number of hydrogen-bond donors (Lipinski definition) is 0. The molecular weight excluding hydrogens is 206 g/mol. The SMILES string of the molecule is CCC(C)C(=O)OCc1ccccc1N=O. The van der Waals surface area contributed by atoms with Crippen LogP contribution in [0.15, 0.2) is 29.4 Å². The number of carbonyl (C=O) groups is 1. The van der Waals surface area contributed by atoms with Crippen LogP contribution in [0.4, 0.5) is 5.69 Å². The molecule has 0 radical (unpaired) electrons. The van der Waals surface area contributed by atoms with Gasteiger partial charge in [-0.15, -0.1) is 4.91 Å². The number of nitroso groups, excluding NO2 is 1. The van der Waals surface area contributed by atoms with Crippen LogP contribution in [-0.2, 0) is 16.1 Å². The highest BCUT2D eigenvalue weighted by Crippen LogP contribution is 2.19. The van der Waals surface area contributed by atoms with E-state index in [0.29, 0.717) is 11.3 Å². The van der Waals surface area contributed by atoms with Gasteiger partial charge in [0.25, 0.3) is 0 Å². The highest BCUT2D eigenvalue weighted by Gasteiger charge is 2.12. The van der Waals surface area contributed by atoms with E-state index >= 15 is 0 Å². The molecule has 1 unspecified atom stereocenters. The molecule has 0 spiro atoms. The summed E-state index contributed by atoms with van der Waals surface area (Å²) in [7, 11) is 0. The van der Waals surface area contributed by atoms with Crippen LogP contribution in [0, 0.1) is 10.8 Å². The third-order valence-corrected chi connectivity index (χ3v) is 2.47. The van der Waals surface area contributed by atoms with Gasteiger partial charge in [-0.05, 0) is 17.7 Å². The smallest absolute Gasteiger partial charge is 0.308 e. The molecule has 0 heterocycles. The van der Waals surface area contributed by atoms with Crippen molar-refractivity contribution in [1.29, 1.82) is 0 Å². The highest BCUT2D eigenvalue weighted by molar-refractivity contribution is 5.72. The van der Waals surface area contributed by atoms with Crippen LogP contribution in [0.25, 0.3) is 0 Å². The Balaban J connectivity index is 2.61. The summed E-state index contributed by atoms with van der Waals surface area (Å²) >= 11 is 0. The lowest BCUT2D eigenvalue weighted by Crippen LogP contribution is -2.13. The van der Waals surface area contributed by atoms with E-state index in [4.69, 9.17) is 4.74 Å². The van der Waals surface area contributed by atoms with Gasteiger partial charge in [0.15, 0.2) is 0 Å². The summed E-state index contributed by atoms with van der Waals surface area (Å²) in [5.74, 6) is -0.362. The first-order chi connectivity index (χ1) is 7.69. The fourth-order valence-electron chi connectivity index (χ4n) is 1.18. The van der Waals surface area contributed by atoms with E-state index in [2.05, 4.69) is 5.18 Å². The molecule has 0 fully saturated rings. The van der Waals surface area contributed by atoms with E-state index in [1.165, 1.54) is 0 Å². The van der Waals surface area contributed by atoms with Gasteiger partial charge >= 0.3 is 5.97 Å². The van der Waals surface area contributed by atoms with Crippen molar-refractivity contribution in [1.82, 2.24) is 0 Å². The van der Waals surface area contributed by atoms with Crippen molar-refractivity contribution in [2.45, 2.75) is 26.9 Å². The Labute approximate surface area is 94.6 Å². The fourth-order valence-corrected chi connectivity index (χ4v) is 1.18. The minimum absolute atomic E-state index is 0.102. The molecule has 4 heteroatoms. The van der Waals surface area contributed by atoms with Crippen molar-refractivity contribution in [2.24, 2.45) is 11.1 Å². The molecule has 0 bridgehead atoms. The van der Waals surface area contributed by atoms with Crippen molar-refractivity contribution in [3.05, 3.63) is 34.7 Å². The van der Waals surface area contributed by atoms with Crippen molar-refractivity contribution >= 4 is 11.7 Å². The maximum Gasteiger partial charge on any atom is 0.308 e. The number of nitrogens with zero attached hydrogens (tertiary/aromatic N) is 1. The lowest BCUT2D eigenvalue weighted by Gasteiger charge is -2.09. The Morgan fingerprint density at radius 1 is 1.44 bits per heavy atom. The second-order valence-electron chi connectivity index (χ2n) is 3.64. The van der Waals surface area contributed by atoms with Crippen LogP contribution in [0.2, 0.25) is 0 Å². The van der Waals surface area contributed by atoms with Crippen LogP contribution in [0.1, 0.15) is 25.8 Å². The van der Waals surface area contributed by atoms with Gasteiger partial charge in [0.05, 0.1) is 5.92 Å². The van der Waals surface area contributed by atoms with Gasteiger partial charge in [-0.3, -0.25) is 4.79 Å². The lowest BCUT2D eigenvalue weighted by molar-refractivity contribution is -0.149. The number of carbonyl (C=O) groups excluding carboxylic acids is 1. The first-order valence-corrected chi connectivity index (χ1v) is 5.27. The standard InChI is InChI=1S/C12H15NO3/c1-3-9(2)12(14)16-8-10-6-4-5-7-11(10)13-15/h4-7,9H,3,8H2,1-2H3. The Morgan fingerprint density at radius 3 is 2.75 bits per heavy atom. The van der Waals surface area contributed by atoms with Crippen LogP contribution in [0.3, 0.4) is 0 Å². The monoisotopic (exact) mass is 221 g/mol. The Kier molecular flexibility index (Phi) is 4.64. The van der Waals surface area contributed by atoms with Crippen LogP contribution < -0.4 is 0 Å². The molecule has 0 amide bonds. The second-order valence-corrected chi connectivity index (χ2v) is 3.64. The van der Waals surface area contributed by atoms with Gasteiger partial charge in [0.1, 0.15) is 12.3 Å². The minimum Gasteiger partial charge on any atom is -0.461 e. The van der Waals surface area contributed by atoms with Crippen molar-refractivity contribution in [2.75, 3.05) is 0 Å². The zero-order valence-corrected chi connectivity index (χ0v) is 9.47. The van der Waals surface area contributed by atoms with E-state index in [-0.39, 0.29) is 18.5 Å². The second kappa shape index (κ2) is 6.00. The van der Waals surface area contributed by atoms with E-state index in [1.54, 1.807) is 24.3 Å². The van der Waals surface area contributed by atoms with Gasteiger partial charge in [-0.2, -0.15) is 0 Å². The van der Waals surface area contributed by atoms with Crippen LogP contribution in [-0.4, -0.2) is 5.97 Å². The topological polar surface area (TPSA) is 55.7 Å². The molecule has 0 N–H and O–H groups in total. The van der Waals surface area contributed by atoms with Gasteiger partial charge < -0.3 is 4.74 Å². The maximum atomic E-state index is 11.4. The third-order valence-electron chi connectivity index (χ3n) is 2.47. The predicted octanol–water partition coefficient (Wildman–Crippen LogP) is 3.17. The molecule has 0 saturated heterocycles. The van der Waals surface area contributed by atoms with Crippen molar-refractivity contribution in [3.8, 4) is 0 Å². The predicted molar refractivity (Wildman–Crippen MR) is 61.1 cm³/mol. The lowest BCUT2D eigenvalue weighted by atomic mass is 10.1. The zero-order valence-electron chi connectivity index (χ0n) is 9.47. The number of benzene rings is 1. The van der Waals surface area contributed by atoms with Gasteiger partial charge in [0, 0.05) is 5.56 Å². The summed E-state index contributed by atoms with van der Waals surface area (Å²) in [4.78, 5) is 21.9. The summed E-state index contributed by atoms with van der Waals surface area (Å²) in [6.07, 6.45) is 0.742. The van der Waals surface area contributed by atoms with Gasteiger partial charge in [0.2, 0.25) is 0 Å². The summed E-state index contributed by atoms with van der Waals surface area (Å²) in [6.45, 7) is 3.84. The van der Waals surface area contributed by atoms with E-state index in [9.17, 15) is 9.70 Å². The van der Waals surface area contributed by atoms with Crippen molar-refractivity contribution < 1.29 is 9.53 Å². The quantitative estimate of drug-likeness (QED) is 0.566. The minimum atomic E-state index is -0.247. The van der Waals surface area contributed by atoms with Gasteiger partial charge in [-0.25, -0.2) is 0 Å². The molecule has 1 atom stereocenters. The van der Waals surface area contributed by atoms with Crippen molar-refractivity contribution in [3.63, 3.8) is 0 Å². The molecule has 1 aromatic carbocycles. The molecule has 86 valence electrons. The molecular formula is C12H15NO3. The van der Waals surface area contributed by atoms with E-state index in [1.807, 2.05) is 13.8 Å². The molecule has 1 rings (SSSR count). The number of rotatable bonds is 5. The zero-order chi connectivity index (χ0) is 12.0. The van der Waals surface area contributed by atoms with E-state index in [0.717, 1.165) is 6.42 Å². The largest absolute Gasteiger partial charge is 0.461 e. The molecule has 4 nitrogen and oxygen atoms in total. The molecule has 0 aliphatic rings. The number of esters is 1. The van der Waals surface area contributed by atoms with E-state index < -0.39 is 0 Å². The summed E-state index contributed by atoms with van der Waals surface area (Å²) in [6, 6.07) is 6.82. The maximum absolute atomic E-state index is 11.4. The number of hydrogen-bond acceptors (Lipinski definition) is 4. The summed E-state index contributed by atoms with van der Waals surface area (Å²) < 4.78 is 5.09. The summed E-state index contributed by atoms with van der Waals surface area (Å²) in [5, 5.41) is 2.87. The average molecular weight is 221 g/mol. The average Bonchev–Trinajstić information content (AvgIpc) is 2.35. The Hall–Kier alpha value is -1.71. The molecule has 0 saturated carbocycles. The molecule has 0 aliphatic heterocycles. The highest BCUT2D eigenvalue weighted by atomic mass is 16.5. The third kappa shape index (κ3) is 3.15. The molecule has 1 aromatic rings. The number of ether oxygens (including phenoxy) is 1. The fraction of sp³-hybridized carbons (Fsp3) is 0.417. The van der Waals surface area contributed by atoms with Gasteiger partial charge in [-0.1, -0.05) is 32.0 Å². The molecule has 0 aromatic heterocycles. The van der Waals surface area contributed by atoms with Crippen LogP contribution in [0.5, 0.6) is 0 Å².